The minimum atomic E-state index is -0.363. The van der Waals surface area contributed by atoms with Crippen LogP contribution < -0.4 is 0 Å². The van der Waals surface area contributed by atoms with Crippen molar-refractivity contribution in [2.24, 2.45) is 0 Å². The summed E-state index contributed by atoms with van der Waals surface area (Å²) >= 11 is 8.68. The van der Waals surface area contributed by atoms with Gasteiger partial charge in [-0.2, -0.15) is 0 Å². The number of aryl methyl sites for hydroxylation is 1. The molecule has 28 heavy (non-hydrogen) atoms. The van der Waals surface area contributed by atoms with Gasteiger partial charge in [-0.05, 0) is 43.3 Å². The average molecular weight is 433 g/mol. The topological polar surface area (TPSA) is 91.0 Å². The molecule has 1 aromatic carbocycles. The van der Waals surface area contributed by atoms with Crippen molar-refractivity contribution in [2.75, 3.05) is 6.61 Å². The number of halogens is 1. The summed E-state index contributed by atoms with van der Waals surface area (Å²) in [5.74, 6) is -0.0367. The molecule has 3 heterocycles. The first-order valence-corrected chi connectivity index (χ1v) is 10.3. The van der Waals surface area contributed by atoms with Gasteiger partial charge in [0.2, 0.25) is 5.89 Å². The normalized spacial score (nSPS) is 11.1. The summed E-state index contributed by atoms with van der Waals surface area (Å²) in [6.07, 6.45) is 1.45. The van der Waals surface area contributed by atoms with E-state index in [0.29, 0.717) is 43.0 Å². The van der Waals surface area contributed by atoms with Gasteiger partial charge in [0, 0.05) is 5.39 Å². The van der Waals surface area contributed by atoms with Crippen LogP contribution in [-0.2, 0) is 4.74 Å². The standard InChI is InChI=1S/C18H13ClN4O3S2/c1-3-25-17(24)13-9(2)12-15(27-13)20-8-21-16(12)28-18-23-22-14(26-18)10-6-4-5-7-11(10)19/h4-8H,3H2,1-2H3. The third-order valence-electron chi connectivity index (χ3n) is 3.85. The van der Waals surface area contributed by atoms with Gasteiger partial charge in [0.05, 0.1) is 17.2 Å². The Balaban J connectivity index is 1.69. The Morgan fingerprint density at radius 1 is 1.29 bits per heavy atom. The fourth-order valence-electron chi connectivity index (χ4n) is 2.59. The molecular weight excluding hydrogens is 420 g/mol. The average Bonchev–Trinajstić information content (AvgIpc) is 3.28. The number of aromatic nitrogens is 4. The van der Waals surface area contributed by atoms with Crippen molar-refractivity contribution in [3.05, 3.63) is 46.1 Å². The van der Waals surface area contributed by atoms with E-state index in [-0.39, 0.29) is 5.97 Å². The molecule has 0 amide bonds. The maximum absolute atomic E-state index is 12.2. The molecule has 4 aromatic rings. The number of hydrogen-bond donors (Lipinski definition) is 0. The number of ether oxygens (including phenoxy) is 1. The van der Waals surface area contributed by atoms with E-state index in [0.717, 1.165) is 10.9 Å². The van der Waals surface area contributed by atoms with Crippen LogP contribution in [0.5, 0.6) is 0 Å². The van der Waals surface area contributed by atoms with E-state index in [1.807, 2.05) is 25.1 Å². The second-order valence-corrected chi connectivity index (χ2v) is 7.94. The lowest BCUT2D eigenvalue weighted by Gasteiger charge is -2.01. The molecule has 7 nitrogen and oxygen atoms in total. The number of fused-ring (bicyclic) bond motifs is 1. The lowest BCUT2D eigenvalue weighted by molar-refractivity contribution is 0.0531. The van der Waals surface area contributed by atoms with Crippen molar-refractivity contribution >= 4 is 50.9 Å². The SMILES string of the molecule is CCOC(=O)c1sc2ncnc(Sc3nnc(-c4ccccc4Cl)o3)c2c1C. The molecule has 3 aromatic heterocycles. The number of hydrogen-bond acceptors (Lipinski definition) is 9. The zero-order chi connectivity index (χ0) is 19.7. The largest absolute Gasteiger partial charge is 0.462 e. The van der Waals surface area contributed by atoms with Gasteiger partial charge >= 0.3 is 5.97 Å². The van der Waals surface area contributed by atoms with Crippen molar-refractivity contribution in [1.82, 2.24) is 20.2 Å². The van der Waals surface area contributed by atoms with Crippen LogP contribution in [0.4, 0.5) is 0 Å². The first-order chi connectivity index (χ1) is 13.6. The van der Waals surface area contributed by atoms with Gasteiger partial charge in [0.1, 0.15) is 21.1 Å². The van der Waals surface area contributed by atoms with Crippen LogP contribution in [0.25, 0.3) is 21.7 Å². The Hall–Kier alpha value is -2.49. The molecule has 0 aliphatic carbocycles. The van der Waals surface area contributed by atoms with Crippen molar-refractivity contribution in [3.8, 4) is 11.5 Å². The summed E-state index contributed by atoms with van der Waals surface area (Å²) in [5, 5.41) is 10.4. The molecule has 0 aliphatic rings. The Morgan fingerprint density at radius 2 is 2.11 bits per heavy atom. The molecule has 0 atom stereocenters. The second kappa shape index (κ2) is 7.86. The van der Waals surface area contributed by atoms with Crippen molar-refractivity contribution in [2.45, 2.75) is 24.1 Å². The van der Waals surface area contributed by atoms with Crippen molar-refractivity contribution < 1.29 is 13.9 Å². The Morgan fingerprint density at radius 3 is 2.89 bits per heavy atom. The molecular formula is C18H13ClN4O3S2. The highest BCUT2D eigenvalue weighted by Crippen LogP contribution is 2.38. The van der Waals surface area contributed by atoms with Gasteiger partial charge in [-0.3, -0.25) is 0 Å². The van der Waals surface area contributed by atoms with E-state index >= 15 is 0 Å². The zero-order valence-electron chi connectivity index (χ0n) is 14.8. The fraction of sp³-hybridized carbons (Fsp3) is 0.167. The van der Waals surface area contributed by atoms with Gasteiger partial charge in [0.15, 0.2) is 0 Å². The van der Waals surface area contributed by atoms with Crippen LogP contribution in [0.3, 0.4) is 0 Å². The summed E-state index contributed by atoms with van der Waals surface area (Å²) in [7, 11) is 0. The first-order valence-electron chi connectivity index (χ1n) is 8.26. The van der Waals surface area contributed by atoms with Crippen LogP contribution in [-0.4, -0.2) is 32.7 Å². The quantitative estimate of drug-likeness (QED) is 0.320. The van der Waals surface area contributed by atoms with Gasteiger partial charge in [-0.15, -0.1) is 21.5 Å². The van der Waals surface area contributed by atoms with Gasteiger partial charge in [-0.1, -0.05) is 23.7 Å². The minimum absolute atomic E-state index is 0.312. The highest BCUT2D eigenvalue weighted by Gasteiger charge is 2.22. The molecule has 0 fully saturated rings. The maximum atomic E-state index is 12.2. The fourth-order valence-corrected chi connectivity index (χ4v) is 4.73. The second-order valence-electron chi connectivity index (χ2n) is 5.59. The molecule has 0 unspecified atom stereocenters. The molecule has 0 saturated carbocycles. The van der Waals surface area contributed by atoms with E-state index in [4.69, 9.17) is 20.8 Å². The maximum Gasteiger partial charge on any atom is 0.348 e. The lowest BCUT2D eigenvalue weighted by Crippen LogP contribution is -2.03. The summed E-state index contributed by atoms with van der Waals surface area (Å²) in [5.41, 5.74) is 1.43. The first kappa shape index (κ1) is 18.9. The van der Waals surface area contributed by atoms with Crippen molar-refractivity contribution in [3.63, 3.8) is 0 Å². The number of esters is 1. The van der Waals surface area contributed by atoms with Crippen LogP contribution >= 0.6 is 34.7 Å². The molecule has 0 saturated heterocycles. The molecule has 0 aliphatic heterocycles. The number of benzene rings is 1. The van der Waals surface area contributed by atoms with Crippen molar-refractivity contribution in [1.29, 1.82) is 0 Å². The Labute approximate surface area is 173 Å². The van der Waals surface area contributed by atoms with Crippen LogP contribution in [0, 0.1) is 6.92 Å². The van der Waals surface area contributed by atoms with Gasteiger partial charge in [0.25, 0.3) is 5.22 Å². The van der Waals surface area contributed by atoms with E-state index in [2.05, 4.69) is 20.2 Å². The number of rotatable bonds is 5. The lowest BCUT2D eigenvalue weighted by atomic mass is 10.2. The van der Waals surface area contributed by atoms with Crippen LogP contribution in [0.15, 0.2) is 45.3 Å². The number of carbonyl (C=O) groups is 1. The Kier molecular flexibility index (Phi) is 5.29. The van der Waals surface area contributed by atoms with E-state index < -0.39 is 0 Å². The van der Waals surface area contributed by atoms with Gasteiger partial charge < -0.3 is 9.15 Å². The predicted octanol–water partition coefficient (Wildman–Crippen LogP) is 5.03. The molecule has 142 valence electrons. The van der Waals surface area contributed by atoms with E-state index in [1.54, 1.807) is 13.0 Å². The molecule has 0 spiro atoms. The molecule has 10 heteroatoms. The summed E-state index contributed by atoms with van der Waals surface area (Å²) in [6.45, 7) is 3.93. The van der Waals surface area contributed by atoms with Crippen LogP contribution in [0.1, 0.15) is 22.2 Å². The Bertz CT molecular complexity index is 1170. The summed E-state index contributed by atoms with van der Waals surface area (Å²) < 4.78 is 10.9. The summed E-state index contributed by atoms with van der Waals surface area (Å²) in [4.78, 5) is 22.0. The number of nitrogens with zero attached hydrogens (tertiary/aromatic N) is 4. The molecule has 0 N–H and O–H groups in total. The zero-order valence-corrected chi connectivity index (χ0v) is 17.2. The van der Waals surface area contributed by atoms with E-state index in [1.165, 1.54) is 29.4 Å². The third kappa shape index (κ3) is 3.48. The predicted molar refractivity (Wildman–Crippen MR) is 107 cm³/mol. The highest BCUT2D eigenvalue weighted by atomic mass is 35.5. The highest BCUT2D eigenvalue weighted by molar-refractivity contribution is 7.99. The summed E-state index contributed by atoms with van der Waals surface area (Å²) in [6, 6.07) is 7.24. The number of carbonyl (C=O) groups excluding carboxylic acids is 1. The minimum Gasteiger partial charge on any atom is -0.462 e. The number of thiophene rings is 1. The monoisotopic (exact) mass is 432 g/mol. The molecule has 0 radical (unpaired) electrons. The van der Waals surface area contributed by atoms with Gasteiger partial charge in [-0.25, -0.2) is 14.8 Å². The third-order valence-corrected chi connectivity index (χ3v) is 6.20. The van der Waals surface area contributed by atoms with Crippen LogP contribution in [0.2, 0.25) is 5.02 Å². The smallest absolute Gasteiger partial charge is 0.348 e. The molecule has 4 rings (SSSR count). The van der Waals surface area contributed by atoms with E-state index in [9.17, 15) is 4.79 Å². The molecule has 0 bridgehead atoms.